The molecule has 2 aromatic rings. The summed E-state index contributed by atoms with van der Waals surface area (Å²) in [5.74, 6) is 0.981. The first-order valence-electron chi connectivity index (χ1n) is 7.37. The van der Waals surface area contributed by atoms with E-state index < -0.39 is 0 Å². The lowest BCUT2D eigenvalue weighted by Gasteiger charge is -2.12. The molecule has 0 bridgehead atoms. The fraction of sp³-hybridized carbons (Fsp3) is 0.412. The number of aryl methyl sites for hydroxylation is 2. The second-order valence-electron chi connectivity index (χ2n) is 5.72. The molecule has 21 heavy (non-hydrogen) atoms. The Labute approximate surface area is 126 Å². The average Bonchev–Trinajstić information content (AvgIpc) is 2.43. The molecule has 1 amide bonds. The maximum absolute atomic E-state index is 11.5. The van der Waals surface area contributed by atoms with Crippen molar-refractivity contribution in [2.24, 2.45) is 5.92 Å². The number of benzene rings is 1. The highest BCUT2D eigenvalue weighted by Gasteiger charge is 2.06. The summed E-state index contributed by atoms with van der Waals surface area (Å²) in [5, 5.41) is 7.33. The fourth-order valence-electron chi connectivity index (χ4n) is 2.15. The fourth-order valence-corrected chi connectivity index (χ4v) is 2.15. The van der Waals surface area contributed by atoms with Gasteiger partial charge in [0.2, 0.25) is 5.91 Å². The van der Waals surface area contributed by atoms with E-state index in [-0.39, 0.29) is 11.8 Å². The summed E-state index contributed by atoms with van der Waals surface area (Å²) in [4.78, 5) is 16.1. The SMILES string of the molecule is Cc1ccc2nc(NCCNC(=O)C(C)C)c(C)cc2c1. The third-order valence-corrected chi connectivity index (χ3v) is 3.40. The van der Waals surface area contributed by atoms with Crippen molar-refractivity contribution in [1.29, 1.82) is 0 Å². The minimum atomic E-state index is 0.0220. The number of nitrogens with zero attached hydrogens (tertiary/aromatic N) is 1. The summed E-state index contributed by atoms with van der Waals surface area (Å²) in [6.07, 6.45) is 0. The second kappa shape index (κ2) is 6.57. The molecule has 0 aliphatic carbocycles. The molecule has 0 atom stereocenters. The zero-order chi connectivity index (χ0) is 15.4. The van der Waals surface area contributed by atoms with Gasteiger partial charge in [0.15, 0.2) is 0 Å². The van der Waals surface area contributed by atoms with Gasteiger partial charge in [0.25, 0.3) is 0 Å². The minimum absolute atomic E-state index is 0.0220. The molecular weight excluding hydrogens is 262 g/mol. The molecule has 2 rings (SSSR count). The van der Waals surface area contributed by atoms with Gasteiger partial charge in [0.05, 0.1) is 5.52 Å². The molecule has 1 aromatic heterocycles. The van der Waals surface area contributed by atoms with Gasteiger partial charge >= 0.3 is 0 Å². The van der Waals surface area contributed by atoms with Crippen LogP contribution in [-0.2, 0) is 4.79 Å². The molecule has 0 unspecified atom stereocenters. The Balaban J connectivity index is 2.00. The van der Waals surface area contributed by atoms with Crippen LogP contribution in [0.3, 0.4) is 0 Å². The molecular formula is C17H23N3O. The van der Waals surface area contributed by atoms with E-state index in [2.05, 4.69) is 40.7 Å². The number of nitrogens with one attached hydrogen (secondary N) is 2. The van der Waals surface area contributed by atoms with E-state index in [4.69, 9.17) is 0 Å². The number of carbonyl (C=O) groups is 1. The van der Waals surface area contributed by atoms with Crippen molar-refractivity contribution < 1.29 is 4.79 Å². The highest BCUT2D eigenvalue weighted by Crippen LogP contribution is 2.20. The van der Waals surface area contributed by atoms with Crippen LogP contribution >= 0.6 is 0 Å². The van der Waals surface area contributed by atoms with E-state index >= 15 is 0 Å². The van der Waals surface area contributed by atoms with Crippen LogP contribution in [0.1, 0.15) is 25.0 Å². The van der Waals surface area contributed by atoms with Crippen molar-refractivity contribution in [2.75, 3.05) is 18.4 Å². The number of hydrogen-bond acceptors (Lipinski definition) is 3. The van der Waals surface area contributed by atoms with Gasteiger partial charge < -0.3 is 10.6 Å². The molecule has 1 aromatic carbocycles. The van der Waals surface area contributed by atoms with Gasteiger partial charge in [-0.25, -0.2) is 4.98 Å². The highest BCUT2D eigenvalue weighted by atomic mass is 16.1. The van der Waals surface area contributed by atoms with Crippen LogP contribution in [-0.4, -0.2) is 24.0 Å². The van der Waals surface area contributed by atoms with Crippen molar-refractivity contribution in [3.63, 3.8) is 0 Å². The summed E-state index contributed by atoms with van der Waals surface area (Å²) >= 11 is 0. The van der Waals surface area contributed by atoms with E-state index in [0.29, 0.717) is 13.1 Å². The summed E-state index contributed by atoms with van der Waals surface area (Å²) in [7, 11) is 0. The molecule has 2 N–H and O–H groups in total. The van der Waals surface area contributed by atoms with Gasteiger partial charge in [-0.2, -0.15) is 0 Å². The van der Waals surface area contributed by atoms with E-state index in [9.17, 15) is 4.79 Å². The maximum Gasteiger partial charge on any atom is 0.222 e. The zero-order valence-electron chi connectivity index (χ0n) is 13.2. The average molecular weight is 285 g/mol. The summed E-state index contributed by atoms with van der Waals surface area (Å²) < 4.78 is 0. The van der Waals surface area contributed by atoms with Gasteiger partial charge in [-0.05, 0) is 37.6 Å². The number of fused-ring (bicyclic) bond motifs is 1. The van der Waals surface area contributed by atoms with Gasteiger partial charge in [-0.1, -0.05) is 25.5 Å². The molecule has 0 saturated heterocycles. The smallest absolute Gasteiger partial charge is 0.222 e. The number of rotatable bonds is 5. The third kappa shape index (κ3) is 3.94. The lowest BCUT2D eigenvalue weighted by molar-refractivity contribution is -0.123. The molecule has 4 heteroatoms. The first-order chi connectivity index (χ1) is 9.97. The van der Waals surface area contributed by atoms with Crippen LogP contribution in [0.4, 0.5) is 5.82 Å². The predicted molar refractivity (Wildman–Crippen MR) is 87.6 cm³/mol. The highest BCUT2D eigenvalue weighted by molar-refractivity contribution is 5.82. The Kier molecular flexibility index (Phi) is 4.78. The van der Waals surface area contributed by atoms with Crippen molar-refractivity contribution in [3.05, 3.63) is 35.4 Å². The topological polar surface area (TPSA) is 54.0 Å². The van der Waals surface area contributed by atoms with Gasteiger partial charge in [-0.15, -0.1) is 0 Å². The summed E-state index contributed by atoms with van der Waals surface area (Å²) in [5.41, 5.74) is 3.34. The predicted octanol–water partition coefficient (Wildman–Crippen LogP) is 3.04. The maximum atomic E-state index is 11.5. The van der Waals surface area contributed by atoms with Crippen LogP contribution in [0.25, 0.3) is 10.9 Å². The zero-order valence-corrected chi connectivity index (χ0v) is 13.2. The largest absolute Gasteiger partial charge is 0.368 e. The van der Waals surface area contributed by atoms with E-state index in [1.54, 1.807) is 0 Å². The van der Waals surface area contributed by atoms with Crippen LogP contribution in [0.5, 0.6) is 0 Å². The van der Waals surface area contributed by atoms with Gasteiger partial charge in [0, 0.05) is 24.4 Å². The number of anilines is 1. The first kappa shape index (κ1) is 15.3. The van der Waals surface area contributed by atoms with Crippen LogP contribution < -0.4 is 10.6 Å². The quantitative estimate of drug-likeness (QED) is 0.830. The standard InChI is InChI=1S/C17H23N3O/c1-11(2)17(21)19-8-7-18-16-13(4)10-14-9-12(3)5-6-15(14)20-16/h5-6,9-11H,7-8H2,1-4H3,(H,18,20)(H,19,21). The Bertz CT molecular complexity index is 650. The summed E-state index contributed by atoms with van der Waals surface area (Å²) in [6.45, 7) is 9.18. The van der Waals surface area contributed by atoms with Crippen molar-refractivity contribution >= 4 is 22.6 Å². The van der Waals surface area contributed by atoms with Crippen LogP contribution in [0.2, 0.25) is 0 Å². The number of amides is 1. The van der Waals surface area contributed by atoms with Gasteiger partial charge in [0.1, 0.15) is 5.82 Å². The van der Waals surface area contributed by atoms with E-state index in [0.717, 1.165) is 22.3 Å². The first-order valence-corrected chi connectivity index (χ1v) is 7.37. The molecule has 0 radical (unpaired) electrons. The van der Waals surface area contributed by atoms with E-state index in [1.807, 2.05) is 26.8 Å². The number of aromatic nitrogens is 1. The second-order valence-corrected chi connectivity index (χ2v) is 5.72. The molecule has 0 aliphatic heterocycles. The molecule has 4 nitrogen and oxygen atoms in total. The van der Waals surface area contributed by atoms with Crippen LogP contribution in [0.15, 0.2) is 24.3 Å². The molecule has 0 aliphatic rings. The Morgan fingerprint density at radius 3 is 2.67 bits per heavy atom. The molecule has 0 fully saturated rings. The third-order valence-electron chi connectivity index (χ3n) is 3.40. The van der Waals surface area contributed by atoms with Gasteiger partial charge in [-0.3, -0.25) is 4.79 Å². The Morgan fingerprint density at radius 2 is 1.95 bits per heavy atom. The molecule has 1 heterocycles. The normalized spacial score (nSPS) is 10.9. The van der Waals surface area contributed by atoms with Crippen molar-refractivity contribution in [1.82, 2.24) is 10.3 Å². The monoisotopic (exact) mass is 285 g/mol. The van der Waals surface area contributed by atoms with Crippen LogP contribution in [0, 0.1) is 19.8 Å². The number of pyridine rings is 1. The molecule has 0 spiro atoms. The number of hydrogen-bond donors (Lipinski definition) is 2. The van der Waals surface area contributed by atoms with Crippen molar-refractivity contribution in [3.8, 4) is 0 Å². The molecule has 112 valence electrons. The number of carbonyl (C=O) groups excluding carboxylic acids is 1. The Hall–Kier alpha value is -2.10. The Morgan fingerprint density at radius 1 is 1.19 bits per heavy atom. The lowest BCUT2D eigenvalue weighted by atomic mass is 10.1. The van der Waals surface area contributed by atoms with E-state index in [1.165, 1.54) is 5.56 Å². The lowest BCUT2D eigenvalue weighted by Crippen LogP contribution is -2.32. The molecule has 0 saturated carbocycles. The van der Waals surface area contributed by atoms with Crippen molar-refractivity contribution in [2.45, 2.75) is 27.7 Å². The summed E-state index contributed by atoms with van der Waals surface area (Å²) in [6, 6.07) is 8.39. The minimum Gasteiger partial charge on any atom is -0.368 e.